The summed E-state index contributed by atoms with van der Waals surface area (Å²) in [6.07, 6.45) is 3.75. The number of hydrogen-bond donors (Lipinski definition) is 0. The lowest BCUT2D eigenvalue weighted by molar-refractivity contribution is 1.34. The molecule has 0 aliphatic rings. The summed E-state index contributed by atoms with van der Waals surface area (Å²) in [6.45, 7) is 0. The van der Waals surface area contributed by atoms with E-state index in [1.54, 1.807) is 0 Å². The topological polar surface area (TPSA) is 12.9 Å². The molecule has 0 spiro atoms. The minimum Gasteiger partial charge on any atom is -0.263 e. The van der Waals surface area contributed by atoms with Crippen LogP contribution in [0.5, 0.6) is 0 Å². The van der Waals surface area contributed by atoms with E-state index in [0.29, 0.717) is 0 Å². The molecular weight excluding hydrogens is 329 g/mol. The molecule has 0 aliphatic heterocycles. The Kier molecular flexibility index (Phi) is 2.32. The molecule has 3 heteroatoms. The predicted octanol–water partition coefficient (Wildman–Crippen LogP) is 3.60. The predicted molar refractivity (Wildman–Crippen MR) is 62.2 cm³/mol. The largest absolute Gasteiger partial charge is 0.263 e. The van der Waals surface area contributed by atoms with Gasteiger partial charge in [0.05, 0.1) is 0 Å². The Morgan fingerprint density at radius 3 is 2.83 bits per heavy atom. The van der Waals surface area contributed by atoms with Crippen molar-refractivity contribution in [3.05, 3.63) is 38.6 Å². The standard InChI is InChI=1S/C9H5BrIN/c10-7-3-1-2-6-4-12-5-8(11)9(6)7/h1-5H. The van der Waals surface area contributed by atoms with Crippen molar-refractivity contribution in [2.75, 3.05) is 0 Å². The molecule has 2 aromatic rings. The van der Waals surface area contributed by atoms with Gasteiger partial charge in [-0.3, -0.25) is 4.98 Å². The highest BCUT2D eigenvalue weighted by Crippen LogP contribution is 2.26. The number of nitrogens with zero attached hydrogens (tertiary/aromatic N) is 1. The summed E-state index contributed by atoms with van der Waals surface area (Å²) in [5.41, 5.74) is 0. The van der Waals surface area contributed by atoms with Crippen LogP contribution in [0.3, 0.4) is 0 Å². The maximum absolute atomic E-state index is 4.13. The molecule has 0 N–H and O–H groups in total. The van der Waals surface area contributed by atoms with Gasteiger partial charge in [-0.25, -0.2) is 0 Å². The Bertz CT molecular complexity index is 391. The SMILES string of the molecule is Brc1cccc2cncc(I)c12. The van der Waals surface area contributed by atoms with Gasteiger partial charge in [0.2, 0.25) is 0 Å². The van der Waals surface area contributed by atoms with Crippen molar-refractivity contribution in [3.63, 3.8) is 0 Å². The lowest BCUT2D eigenvalue weighted by atomic mass is 10.2. The zero-order valence-corrected chi connectivity index (χ0v) is 9.83. The second-order valence-electron chi connectivity index (χ2n) is 2.46. The summed E-state index contributed by atoms with van der Waals surface area (Å²) in [5.74, 6) is 0. The minimum absolute atomic E-state index is 1.13. The number of halogens is 2. The van der Waals surface area contributed by atoms with Crippen LogP contribution >= 0.6 is 38.5 Å². The smallest absolute Gasteiger partial charge is 0.0408 e. The molecule has 12 heavy (non-hydrogen) atoms. The number of aromatic nitrogens is 1. The van der Waals surface area contributed by atoms with Gasteiger partial charge in [0.15, 0.2) is 0 Å². The molecule has 0 bridgehead atoms. The lowest BCUT2D eigenvalue weighted by Crippen LogP contribution is -1.81. The van der Waals surface area contributed by atoms with E-state index >= 15 is 0 Å². The van der Waals surface area contributed by atoms with Crippen molar-refractivity contribution in [1.29, 1.82) is 0 Å². The van der Waals surface area contributed by atoms with Gasteiger partial charge in [-0.15, -0.1) is 0 Å². The van der Waals surface area contributed by atoms with Gasteiger partial charge in [0, 0.05) is 31.2 Å². The Morgan fingerprint density at radius 2 is 2.08 bits per heavy atom. The van der Waals surface area contributed by atoms with Crippen LogP contribution in [0, 0.1) is 3.57 Å². The van der Waals surface area contributed by atoms with Crippen LogP contribution in [0.2, 0.25) is 0 Å². The molecule has 0 saturated carbocycles. The first kappa shape index (κ1) is 8.44. The summed E-state index contributed by atoms with van der Waals surface area (Å²) in [6, 6.07) is 6.13. The van der Waals surface area contributed by atoms with E-state index in [9.17, 15) is 0 Å². The van der Waals surface area contributed by atoms with Crippen LogP contribution in [0.1, 0.15) is 0 Å². The third kappa shape index (κ3) is 1.35. The molecule has 0 amide bonds. The first-order valence-corrected chi connectivity index (χ1v) is 5.34. The van der Waals surface area contributed by atoms with Gasteiger partial charge in [-0.1, -0.05) is 28.1 Å². The monoisotopic (exact) mass is 333 g/mol. The Balaban J connectivity index is 2.96. The second-order valence-corrected chi connectivity index (χ2v) is 4.48. The fraction of sp³-hybridized carbons (Fsp3) is 0. The Hall–Kier alpha value is -0.160. The van der Waals surface area contributed by atoms with Gasteiger partial charge in [-0.05, 0) is 28.7 Å². The number of pyridine rings is 1. The number of hydrogen-bond acceptors (Lipinski definition) is 1. The average Bonchev–Trinajstić information content (AvgIpc) is 2.04. The molecule has 0 atom stereocenters. The van der Waals surface area contributed by atoms with Crippen molar-refractivity contribution < 1.29 is 0 Å². The first-order valence-electron chi connectivity index (χ1n) is 3.47. The molecule has 1 heterocycles. The maximum atomic E-state index is 4.13. The quantitative estimate of drug-likeness (QED) is 0.671. The first-order chi connectivity index (χ1) is 5.79. The van der Waals surface area contributed by atoms with Crippen LogP contribution in [0.15, 0.2) is 35.1 Å². The maximum Gasteiger partial charge on any atom is 0.0408 e. The zero-order chi connectivity index (χ0) is 8.55. The van der Waals surface area contributed by atoms with Gasteiger partial charge >= 0.3 is 0 Å². The Morgan fingerprint density at radius 1 is 1.25 bits per heavy atom. The molecule has 0 saturated heterocycles. The lowest BCUT2D eigenvalue weighted by Gasteiger charge is -2.00. The highest BCUT2D eigenvalue weighted by molar-refractivity contribution is 14.1. The third-order valence-electron chi connectivity index (χ3n) is 1.69. The van der Waals surface area contributed by atoms with Crippen LogP contribution in [-0.4, -0.2) is 4.98 Å². The summed E-state index contributed by atoms with van der Waals surface area (Å²) >= 11 is 5.81. The van der Waals surface area contributed by atoms with E-state index < -0.39 is 0 Å². The fourth-order valence-electron chi connectivity index (χ4n) is 1.15. The molecule has 1 aromatic heterocycles. The summed E-state index contributed by atoms with van der Waals surface area (Å²) in [7, 11) is 0. The molecule has 60 valence electrons. The van der Waals surface area contributed by atoms with E-state index in [1.165, 1.54) is 14.3 Å². The second kappa shape index (κ2) is 3.30. The van der Waals surface area contributed by atoms with Crippen molar-refractivity contribution in [3.8, 4) is 0 Å². The normalized spacial score (nSPS) is 10.5. The molecule has 1 nitrogen and oxygen atoms in total. The molecule has 0 radical (unpaired) electrons. The van der Waals surface area contributed by atoms with Crippen molar-refractivity contribution in [2.45, 2.75) is 0 Å². The minimum atomic E-state index is 1.13. The van der Waals surface area contributed by atoms with E-state index in [2.05, 4.69) is 49.6 Å². The molecular formula is C9H5BrIN. The van der Waals surface area contributed by atoms with Gasteiger partial charge in [0.1, 0.15) is 0 Å². The summed E-state index contributed by atoms with van der Waals surface area (Å²) in [5, 5.41) is 2.42. The molecule has 0 unspecified atom stereocenters. The zero-order valence-electron chi connectivity index (χ0n) is 6.09. The Labute approximate surface area is 92.5 Å². The van der Waals surface area contributed by atoms with Crippen LogP contribution < -0.4 is 0 Å². The van der Waals surface area contributed by atoms with E-state index in [-0.39, 0.29) is 0 Å². The highest BCUT2D eigenvalue weighted by Gasteiger charge is 2.01. The van der Waals surface area contributed by atoms with Crippen molar-refractivity contribution >= 4 is 49.3 Å². The number of rotatable bonds is 0. The van der Waals surface area contributed by atoms with Crippen molar-refractivity contribution in [1.82, 2.24) is 4.98 Å². The van der Waals surface area contributed by atoms with E-state index in [0.717, 1.165) is 4.47 Å². The van der Waals surface area contributed by atoms with Crippen LogP contribution in [0.4, 0.5) is 0 Å². The van der Waals surface area contributed by atoms with Crippen molar-refractivity contribution in [2.24, 2.45) is 0 Å². The number of fused-ring (bicyclic) bond motifs is 1. The summed E-state index contributed by atoms with van der Waals surface area (Å²) < 4.78 is 2.31. The third-order valence-corrected chi connectivity index (χ3v) is 3.16. The molecule has 1 aromatic carbocycles. The molecule has 0 fully saturated rings. The fourth-order valence-corrected chi connectivity index (χ4v) is 2.88. The molecule has 0 aliphatic carbocycles. The highest BCUT2D eigenvalue weighted by atomic mass is 127. The summed E-state index contributed by atoms with van der Waals surface area (Å²) in [4.78, 5) is 4.13. The average molecular weight is 334 g/mol. The van der Waals surface area contributed by atoms with Gasteiger partial charge < -0.3 is 0 Å². The molecule has 2 rings (SSSR count). The van der Waals surface area contributed by atoms with E-state index in [4.69, 9.17) is 0 Å². The van der Waals surface area contributed by atoms with Gasteiger partial charge in [0.25, 0.3) is 0 Å². The van der Waals surface area contributed by atoms with Gasteiger partial charge in [-0.2, -0.15) is 0 Å². The number of benzene rings is 1. The van der Waals surface area contributed by atoms with E-state index in [1.807, 2.05) is 24.5 Å². The van der Waals surface area contributed by atoms with Crippen LogP contribution in [-0.2, 0) is 0 Å². The van der Waals surface area contributed by atoms with Crippen LogP contribution in [0.25, 0.3) is 10.8 Å².